The van der Waals surface area contributed by atoms with E-state index in [9.17, 15) is 8.42 Å². The van der Waals surface area contributed by atoms with Crippen molar-refractivity contribution in [2.75, 3.05) is 17.8 Å². The van der Waals surface area contributed by atoms with Gasteiger partial charge in [0.25, 0.3) is 0 Å². The number of sulfonamides is 1. The molecule has 0 saturated carbocycles. The van der Waals surface area contributed by atoms with E-state index in [-0.39, 0.29) is 4.66 Å². The normalized spacial score (nSPS) is 22.8. The molecule has 1 heterocycles. The molecule has 0 aromatic carbocycles. The lowest BCUT2D eigenvalue weighted by molar-refractivity contribution is 0.289. The Hall–Kier alpha value is 0.390. The van der Waals surface area contributed by atoms with Gasteiger partial charge < -0.3 is 0 Å². The fraction of sp³-hybridized carbons (Fsp3) is 1.00. The molecule has 0 N–H and O–H groups in total. The van der Waals surface area contributed by atoms with Crippen LogP contribution >= 0.6 is 15.9 Å². The summed E-state index contributed by atoms with van der Waals surface area (Å²) >= 11 is 2.99. The largest absolute Gasteiger partial charge is 0.224 e. The molecule has 0 bridgehead atoms. The van der Waals surface area contributed by atoms with Gasteiger partial charge in [0.2, 0.25) is 10.0 Å². The van der Waals surface area contributed by atoms with Gasteiger partial charge in [0, 0.05) is 13.1 Å². The minimum Gasteiger partial charge on any atom is -0.211 e. The van der Waals surface area contributed by atoms with Gasteiger partial charge in [-0.05, 0) is 18.8 Å². The van der Waals surface area contributed by atoms with Crippen LogP contribution in [0.3, 0.4) is 0 Å². The summed E-state index contributed by atoms with van der Waals surface area (Å²) in [5, 5.41) is 0. The molecule has 1 aliphatic rings. The molecule has 0 aliphatic carbocycles. The average Bonchev–Trinajstić information content (AvgIpc) is 2.05. The first-order chi connectivity index (χ1) is 5.56. The van der Waals surface area contributed by atoms with Gasteiger partial charge in [-0.15, -0.1) is 0 Å². The van der Waals surface area contributed by atoms with Crippen LogP contribution in [0.25, 0.3) is 0 Å². The number of hydrogen-bond donors (Lipinski definition) is 0. The Morgan fingerprint density at radius 2 is 1.92 bits per heavy atom. The van der Waals surface area contributed by atoms with Crippen LogP contribution in [-0.2, 0) is 10.0 Å². The van der Waals surface area contributed by atoms with Gasteiger partial charge in [0.1, 0.15) is 4.66 Å². The highest BCUT2D eigenvalue weighted by Crippen LogP contribution is 2.19. The van der Waals surface area contributed by atoms with E-state index in [0.29, 0.717) is 19.0 Å². The fourth-order valence-electron chi connectivity index (χ4n) is 1.33. The standard InChI is InChI=1S/C7H14BrNO2S/c1-7-2-4-9(5-3-7)12(10,11)6-8/h7H,2-6H2,1H3. The minimum absolute atomic E-state index is 0.0500. The van der Waals surface area contributed by atoms with E-state index in [0.717, 1.165) is 12.8 Å². The van der Waals surface area contributed by atoms with Crippen LogP contribution in [0.4, 0.5) is 0 Å². The molecule has 5 heteroatoms. The summed E-state index contributed by atoms with van der Waals surface area (Å²) in [5.74, 6) is 0.673. The summed E-state index contributed by atoms with van der Waals surface area (Å²) in [7, 11) is -2.99. The highest BCUT2D eigenvalue weighted by molar-refractivity contribution is 9.10. The van der Waals surface area contributed by atoms with Gasteiger partial charge in [0.15, 0.2) is 0 Å². The maximum Gasteiger partial charge on any atom is 0.224 e. The maximum atomic E-state index is 11.3. The molecule has 1 rings (SSSR count). The zero-order valence-corrected chi connectivity index (χ0v) is 9.57. The SMILES string of the molecule is CC1CCN(S(=O)(=O)CBr)CC1. The summed E-state index contributed by atoms with van der Waals surface area (Å²) in [6.07, 6.45) is 1.98. The molecular formula is C7H14BrNO2S. The third kappa shape index (κ3) is 2.44. The Kier molecular flexibility index (Phi) is 3.55. The van der Waals surface area contributed by atoms with Crippen molar-refractivity contribution in [3.05, 3.63) is 0 Å². The summed E-state index contributed by atoms with van der Waals surface area (Å²) in [4.78, 5) is 0. The molecule has 1 aliphatic heterocycles. The lowest BCUT2D eigenvalue weighted by Crippen LogP contribution is -2.38. The van der Waals surface area contributed by atoms with E-state index in [1.807, 2.05) is 0 Å². The highest BCUT2D eigenvalue weighted by atomic mass is 79.9. The van der Waals surface area contributed by atoms with Gasteiger partial charge in [0.05, 0.1) is 0 Å². The van der Waals surface area contributed by atoms with Crippen molar-refractivity contribution in [3.8, 4) is 0 Å². The summed E-state index contributed by atoms with van der Waals surface area (Å²) in [6, 6.07) is 0. The zero-order chi connectivity index (χ0) is 9.19. The Labute approximate surface area is 82.3 Å². The first-order valence-electron chi connectivity index (χ1n) is 4.10. The maximum absolute atomic E-state index is 11.3. The number of rotatable bonds is 2. The third-order valence-corrected chi connectivity index (χ3v) is 5.44. The van der Waals surface area contributed by atoms with E-state index in [2.05, 4.69) is 22.9 Å². The molecule has 3 nitrogen and oxygen atoms in total. The van der Waals surface area contributed by atoms with Crippen LogP contribution in [-0.4, -0.2) is 30.5 Å². The van der Waals surface area contributed by atoms with Crippen LogP contribution < -0.4 is 0 Å². The molecule has 0 radical (unpaired) electrons. The van der Waals surface area contributed by atoms with E-state index in [1.165, 1.54) is 0 Å². The summed E-state index contributed by atoms with van der Waals surface area (Å²) < 4.78 is 24.3. The van der Waals surface area contributed by atoms with Gasteiger partial charge in [-0.2, -0.15) is 0 Å². The molecule has 0 aromatic heterocycles. The second-order valence-electron chi connectivity index (χ2n) is 3.30. The molecule has 0 aromatic rings. The molecule has 12 heavy (non-hydrogen) atoms. The number of nitrogens with zero attached hydrogens (tertiary/aromatic N) is 1. The minimum atomic E-state index is -2.99. The van der Waals surface area contributed by atoms with E-state index < -0.39 is 10.0 Å². The number of halogens is 1. The summed E-state index contributed by atoms with van der Waals surface area (Å²) in [5.41, 5.74) is 0. The van der Waals surface area contributed by atoms with Crippen molar-refractivity contribution < 1.29 is 8.42 Å². The Balaban J connectivity index is 2.56. The monoisotopic (exact) mass is 255 g/mol. The Morgan fingerprint density at radius 3 is 2.33 bits per heavy atom. The van der Waals surface area contributed by atoms with Crippen molar-refractivity contribution in [3.63, 3.8) is 0 Å². The van der Waals surface area contributed by atoms with Crippen molar-refractivity contribution in [1.29, 1.82) is 0 Å². The van der Waals surface area contributed by atoms with E-state index in [4.69, 9.17) is 0 Å². The molecule has 1 saturated heterocycles. The van der Waals surface area contributed by atoms with Gasteiger partial charge >= 0.3 is 0 Å². The summed E-state index contributed by atoms with van der Waals surface area (Å²) in [6.45, 7) is 3.54. The number of hydrogen-bond acceptors (Lipinski definition) is 2. The van der Waals surface area contributed by atoms with Crippen LogP contribution in [0.2, 0.25) is 0 Å². The predicted molar refractivity (Wildman–Crippen MR) is 52.7 cm³/mol. The lowest BCUT2D eigenvalue weighted by Gasteiger charge is -2.28. The molecule has 0 amide bonds. The van der Waals surface area contributed by atoms with Crippen molar-refractivity contribution in [1.82, 2.24) is 4.31 Å². The van der Waals surface area contributed by atoms with Crippen molar-refractivity contribution in [2.24, 2.45) is 5.92 Å². The van der Waals surface area contributed by atoms with E-state index in [1.54, 1.807) is 4.31 Å². The van der Waals surface area contributed by atoms with Crippen molar-refractivity contribution in [2.45, 2.75) is 19.8 Å². The molecule has 0 unspecified atom stereocenters. The third-order valence-electron chi connectivity index (χ3n) is 2.27. The quantitative estimate of drug-likeness (QED) is 0.700. The first-order valence-corrected chi connectivity index (χ1v) is 6.83. The number of piperidine rings is 1. The van der Waals surface area contributed by atoms with E-state index >= 15 is 0 Å². The molecular weight excluding hydrogens is 242 g/mol. The van der Waals surface area contributed by atoms with Gasteiger partial charge in [-0.25, -0.2) is 12.7 Å². The molecule has 0 spiro atoms. The van der Waals surface area contributed by atoms with Crippen LogP contribution in [0, 0.1) is 5.92 Å². The molecule has 72 valence electrons. The van der Waals surface area contributed by atoms with Crippen molar-refractivity contribution >= 4 is 26.0 Å². The van der Waals surface area contributed by atoms with Crippen LogP contribution in [0.1, 0.15) is 19.8 Å². The highest BCUT2D eigenvalue weighted by Gasteiger charge is 2.24. The van der Waals surface area contributed by atoms with Crippen LogP contribution in [0.15, 0.2) is 0 Å². The van der Waals surface area contributed by atoms with Crippen LogP contribution in [0.5, 0.6) is 0 Å². The topological polar surface area (TPSA) is 37.4 Å². The van der Waals surface area contributed by atoms with Gasteiger partial charge in [-0.1, -0.05) is 22.9 Å². The second-order valence-corrected chi connectivity index (χ2v) is 6.57. The zero-order valence-electron chi connectivity index (χ0n) is 7.16. The Morgan fingerprint density at radius 1 is 1.42 bits per heavy atom. The predicted octanol–water partition coefficient (Wildman–Crippen LogP) is 1.40. The second kappa shape index (κ2) is 4.07. The average molecular weight is 256 g/mol. The smallest absolute Gasteiger partial charge is 0.211 e. The first kappa shape index (κ1) is 10.5. The molecule has 1 fully saturated rings. The van der Waals surface area contributed by atoms with Gasteiger partial charge in [-0.3, -0.25) is 0 Å². The fourth-order valence-corrected chi connectivity index (χ4v) is 3.11. The molecule has 0 atom stereocenters. The lowest BCUT2D eigenvalue weighted by atomic mass is 10.0. The number of alkyl halides is 1. The Bertz CT molecular complexity index is 232.